The number of nitrogens with one attached hydrogen (secondary N) is 1. The lowest BCUT2D eigenvalue weighted by Crippen LogP contribution is -2.35. The summed E-state index contributed by atoms with van der Waals surface area (Å²) < 4.78 is 7.76. The van der Waals surface area contributed by atoms with Gasteiger partial charge in [0.05, 0.1) is 12.4 Å². The minimum atomic E-state index is 0.0344. The molecule has 1 N–H and O–H groups in total. The molecule has 0 bridgehead atoms. The molecular formula is C16H22ClN3O. The Balaban J connectivity index is 2.17. The molecule has 0 spiro atoms. The molecular weight excluding hydrogens is 286 g/mol. The van der Waals surface area contributed by atoms with Gasteiger partial charge in [-0.05, 0) is 45.9 Å². The van der Waals surface area contributed by atoms with Crippen molar-refractivity contribution in [3.05, 3.63) is 41.2 Å². The van der Waals surface area contributed by atoms with E-state index in [9.17, 15) is 0 Å². The Hall–Kier alpha value is -1.52. The van der Waals surface area contributed by atoms with Crippen LogP contribution in [0.4, 0.5) is 0 Å². The molecule has 2 rings (SSSR count). The van der Waals surface area contributed by atoms with Gasteiger partial charge < -0.3 is 10.1 Å². The third-order valence-corrected chi connectivity index (χ3v) is 3.23. The second-order valence-electron chi connectivity index (χ2n) is 5.99. The second kappa shape index (κ2) is 6.50. The van der Waals surface area contributed by atoms with Crippen LogP contribution in [0.5, 0.6) is 11.5 Å². The van der Waals surface area contributed by atoms with E-state index in [0.29, 0.717) is 11.6 Å². The number of nitrogens with zero attached hydrogens (tertiary/aromatic N) is 2. The molecule has 0 atom stereocenters. The van der Waals surface area contributed by atoms with Gasteiger partial charge in [-0.25, -0.2) is 0 Å². The fourth-order valence-electron chi connectivity index (χ4n) is 1.84. The quantitative estimate of drug-likeness (QED) is 0.898. The molecule has 0 fully saturated rings. The van der Waals surface area contributed by atoms with Crippen molar-refractivity contribution >= 4 is 11.6 Å². The van der Waals surface area contributed by atoms with E-state index in [1.54, 1.807) is 6.20 Å². The van der Waals surface area contributed by atoms with E-state index in [0.717, 1.165) is 23.6 Å². The third-order valence-electron chi connectivity index (χ3n) is 2.99. The molecule has 1 aromatic carbocycles. The zero-order chi connectivity index (χ0) is 15.5. The fraction of sp³-hybridized carbons (Fsp3) is 0.438. The van der Waals surface area contributed by atoms with Crippen LogP contribution in [-0.2, 0) is 13.1 Å². The maximum atomic E-state index is 6.10. The van der Waals surface area contributed by atoms with Gasteiger partial charge in [-0.2, -0.15) is 5.10 Å². The summed E-state index contributed by atoms with van der Waals surface area (Å²) in [5, 5.41) is 8.37. The Labute approximate surface area is 131 Å². The van der Waals surface area contributed by atoms with Gasteiger partial charge in [0.25, 0.3) is 0 Å². The van der Waals surface area contributed by atoms with E-state index in [1.165, 1.54) is 0 Å². The standard InChI is InChI=1S/C16H22ClN3O/c1-5-20-11-14(10-19-20)21-15-7-6-13(17)8-12(15)9-18-16(2,3)4/h6-8,10-11,18H,5,9H2,1-4H3. The van der Waals surface area contributed by atoms with Crippen LogP contribution in [0.1, 0.15) is 33.3 Å². The van der Waals surface area contributed by atoms with Crippen LogP contribution < -0.4 is 10.1 Å². The lowest BCUT2D eigenvalue weighted by molar-refractivity contribution is 0.414. The normalized spacial score (nSPS) is 11.7. The minimum absolute atomic E-state index is 0.0344. The van der Waals surface area contributed by atoms with Crippen molar-refractivity contribution in [2.24, 2.45) is 0 Å². The highest BCUT2D eigenvalue weighted by Gasteiger charge is 2.12. The molecule has 0 aliphatic rings. The number of aryl methyl sites for hydroxylation is 1. The van der Waals surface area contributed by atoms with Gasteiger partial charge >= 0.3 is 0 Å². The van der Waals surface area contributed by atoms with Gasteiger partial charge in [0.1, 0.15) is 5.75 Å². The van der Waals surface area contributed by atoms with Crippen molar-refractivity contribution < 1.29 is 4.74 Å². The van der Waals surface area contributed by atoms with E-state index < -0.39 is 0 Å². The molecule has 0 saturated carbocycles. The molecule has 1 aromatic heterocycles. The molecule has 5 heteroatoms. The Morgan fingerprint density at radius 3 is 2.71 bits per heavy atom. The zero-order valence-electron chi connectivity index (χ0n) is 13.0. The summed E-state index contributed by atoms with van der Waals surface area (Å²) in [6.45, 7) is 9.94. The van der Waals surface area contributed by atoms with E-state index in [1.807, 2.05) is 36.0 Å². The van der Waals surface area contributed by atoms with Crippen LogP contribution in [0.2, 0.25) is 5.02 Å². The highest BCUT2D eigenvalue weighted by Crippen LogP contribution is 2.28. The van der Waals surface area contributed by atoms with Crippen LogP contribution in [-0.4, -0.2) is 15.3 Å². The fourth-order valence-corrected chi connectivity index (χ4v) is 2.04. The number of benzene rings is 1. The Morgan fingerprint density at radius 2 is 2.10 bits per heavy atom. The van der Waals surface area contributed by atoms with Crippen molar-refractivity contribution in [2.45, 2.75) is 46.3 Å². The van der Waals surface area contributed by atoms with Gasteiger partial charge in [0.15, 0.2) is 5.75 Å². The van der Waals surface area contributed by atoms with Crippen molar-refractivity contribution in [3.63, 3.8) is 0 Å². The molecule has 114 valence electrons. The predicted molar refractivity (Wildman–Crippen MR) is 86.0 cm³/mol. The first-order valence-corrected chi connectivity index (χ1v) is 7.49. The van der Waals surface area contributed by atoms with Crippen molar-refractivity contribution in [1.29, 1.82) is 0 Å². The smallest absolute Gasteiger partial charge is 0.165 e. The SMILES string of the molecule is CCn1cc(Oc2ccc(Cl)cc2CNC(C)(C)C)cn1. The van der Waals surface area contributed by atoms with Crippen LogP contribution in [0, 0.1) is 0 Å². The third kappa shape index (κ3) is 4.76. The molecule has 1 heterocycles. The zero-order valence-corrected chi connectivity index (χ0v) is 13.7. The molecule has 21 heavy (non-hydrogen) atoms. The highest BCUT2D eigenvalue weighted by atomic mass is 35.5. The summed E-state index contributed by atoms with van der Waals surface area (Å²) in [5.74, 6) is 1.53. The van der Waals surface area contributed by atoms with E-state index >= 15 is 0 Å². The maximum absolute atomic E-state index is 6.10. The summed E-state index contributed by atoms with van der Waals surface area (Å²) in [6.07, 6.45) is 3.61. The highest BCUT2D eigenvalue weighted by molar-refractivity contribution is 6.30. The van der Waals surface area contributed by atoms with E-state index in [2.05, 4.69) is 31.2 Å². The lowest BCUT2D eigenvalue weighted by Gasteiger charge is -2.21. The molecule has 0 unspecified atom stereocenters. The molecule has 4 nitrogen and oxygen atoms in total. The summed E-state index contributed by atoms with van der Waals surface area (Å²) in [7, 11) is 0. The van der Waals surface area contributed by atoms with Crippen molar-refractivity contribution in [1.82, 2.24) is 15.1 Å². The number of hydrogen-bond acceptors (Lipinski definition) is 3. The lowest BCUT2D eigenvalue weighted by atomic mass is 10.1. The molecule has 0 radical (unpaired) electrons. The topological polar surface area (TPSA) is 39.1 Å². The maximum Gasteiger partial charge on any atom is 0.165 e. The number of ether oxygens (including phenoxy) is 1. The first kappa shape index (κ1) is 15.9. The number of aromatic nitrogens is 2. The van der Waals surface area contributed by atoms with Crippen molar-refractivity contribution in [3.8, 4) is 11.5 Å². The van der Waals surface area contributed by atoms with Gasteiger partial charge in [0, 0.05) is 29.2 Å². The first-order chi connectivity index (χ1) is 9.87. The Bertz CT molecular complexity index is 602. The summed E-state index contributed by atoms with van der Waals surface area (Å²) in [6, 6.07) is 5.66. The molecule has 2 aromatic rings. The molecule has 0 aliphatic carbocycles. The van der Waals surface area contributed by atoms with Gasteiger partial charge in [-0.1, -0.05) is 11.6 Å². The Morgan fingerprint density at radius 1 is 1.33 bits per heavy atom. The van der Waals surface area contributed by atoms with E-state index in [-0.39, 0.29) is 5.54 Å². The number of hydrogen-bond donors (Lipinski definition) is 1. The van der Waals surface area contributed by atoms with Gasteiger partial charge in [-0.15, -0.1) is 0 Å². The Kier molecular flexibility index (Phi) is 4.91. The van der Waals surface area contributed by atoms with Crippen LogP contribution >= 0.6 is 11.6 Å². The monoisotopic (exact) mass is 307 g/mol. The second-order valence-corrected chi connectivity index (χ2v) is 6.43. The first-order valence-electron chi connectivity index (χ1n) is 7.11. The summed E-state index contributed by atoms with van der Waals surface area (Å²) in [4.78, 5) is 0. The molecule has 0 aliphatic heterocycles. The van der Waals surface area contributed by atoms with Crippen LogP contribution in [0.15, 0.2) is 30.6 Å². The summed E-state index contributed by atoms with van der Waals surface area (Å²) in [5.41, 5.74) is 1.06. The summed E-state index contributed by atoms with van der Waals surface area (Å²) >= 11 is 6.10. The molecule has 0 amide bonds. The van der Waals surface area contributed by atoms with Crippen LogP contribution in [0.3, 0.4) is 0 Å². The van der Waals surface area contributed by atoms with Crippen molar-refractivity contribution in [2.75, 3.05) is 0 Å². The van der Waals surface area contributed by atoms with E-state index in [4.69, 9.17) is 16.3 Å². The average molecular weight is 308 g/mol. The van der Waals surface area contributed by atoms with Gasteiger partial charge in [-0.3, -0.25) is 4.68 Å². The average Bonchev–Trinajstić information content (AvgIpc) is 2.86. The van der Waals surface area contributed by atoms with Gasteiger partial charge in [0.2, 0.25) is 0 Å². The number of rotatable bonds is 5. The predicted octanol–water partition coefficient (Wildman–Crippen LogP) is 4.24. The number of halogens is 1. The minimum Gasteiger partial charge on any atom is -0.454 e. The largest absolute Gasteiger partial charge is 0.454 e. The molecule has 0 saturated heterocycles. The van der Waals surface area contributed by atoms with Crippen LogP contribution in [0.25, 0.3) is 0 Å².